The summed E-state index contributed by atoms with van der Waals surface area (Å²) >= 11 is 11.1. The van der Waals surface area contributed by atoms with Crippen LogP contribution in [0.5, 0.6) is 0 Å². The van der Waals surface area contributed by atoms with Crippen molar-refractivity contribution in [2.24, 2.45) is 5.73 Å². The summed E-state index contributed by atoms with van der Waals surface area (Å²) in [4.78, 5) is 10.6. The van der Waals surface area contributed by atoms with Crippen LogP contribution in [-0.2, 0) is 4.79 Å². The first-order chi connectivity index (χ1) is 6.02. The van der Waals surface area contributed by atoms with Gasteiger partial charge >= 0.3 is 0 Å². The molecule has 0 aliphatic rings. The summed E-state index contributed by atoms with van der Waals surface area (Å²) in [6.45, 7) is 0. The minimum atomic E-state index is -0.974. The number of nitrogens with two attached hydrogens (primary N) is 1. The highest BCUT2D eigenvalue weighted by Gasteiger charge is 2.15. The molecule has 0 saturated carbocycles. The molecule has 2 nitrogen and oxygen atoms in total. The van der Waals surface area contributed by atoms with Gasteiger partial charge in [0.25, 0.3) is 0 Å². The molecule has 1 unspecified atom stereocenters. The summed E-state index contributed by atoms with van der Waals surface area (Å²) in [6, 6.07) is 3.78. The topological polar surface area (TPSA) is 43.1 Å². The molecule has 0 saturated heterocycles. The number of primary amides is 1. The van der Waals surface area contributed by atoms with E-state index in [4.69, 9.17) is 28.9 Å². The maximum Gasteiger partial charge on any atom is 0.240 e. The van der Waals surface area contributed by atoms with Crippen LogP contribution in [0.15, 0.2) is 18.2 Å². The Morgan fingerprint density at radius 1 is 1.54 bits per heavy atom. The molecule has 0 fully saturated rings. The second kappa shape index (κ2) is 3.94. The summed E-state index contributed by atoms with van der Waals surface area (Å²) < 4.78 is 12.7. The van der Waals surface area contributed by atoms with Gasteiger partial charge in [0.15, 0.2) is 0 Å². The molecule has 1 amide bonds. The fraction of sp³-hybridized carbons (Fsp3) is 0.125. The highest BCUT2D eigenvalue weighted by Crippen LogP contribution is 2.24. The average molecular weight is 222 g/mol. The van der Waals surface area contributed by atoms with Gasteiger partial charge in [0.1, 0.15) is 11.2 Å². The van der Waals surface area contributed by atoms with Gasteiger partial charge in [-0.2, -0.15) is 0 Å². The SMILES string of the molecule is NC(=O)C(Cl)c1ccc(F)c(Cl)c1. The first kappa shape index (κ1) is 10.3. The molecule has 0 aliphatic heterocycles. The van der Waals surface area contributed by atoms with E-state index in [0.29, 0.717) is 5.56 Å². The highest BCUT2D eigenvalue weighted by atomic mass is 35.5. The lowest BCUT2D eigenvalue weighted by Gasteiger charge is -2.05. The fourth-order valence-electron chi connectivity index (χ4n) is 0.834. The van der Waals surface area contributed by atoms with Gasteiger partial charge in [0.05, 0.1) is 5.02 Å². The van der Waals surface area contributed by atoms with E-state index in [0.717, 1.165) is 6.07 Å². The van der Waals surface area contributed by atoms with Gasteiger partial charge in [-0.1, -0.05) is 17.7 Å². The van der Waals surface area contributed by atoms with Crippen molar-refractivity contribution in [2.75, 3.05) is 0 Å². The number of amides is 1. The van der Waals surface area contributed by atoms with Gasteiger partial charge in [0.2, 0.25) is 5.91 Å². The third kappa shape index (κ3) is 2.32. The zero-order valence-corrected chi connectivity index (χ0v) is 7.94. The zero-order valence-electron chi connectivity index (χ0n) is 6.43. The van der Waals surface area contributed by atoms with Gasteiger partial charge in [-0.15, -0.1) is 11.6 Å². The summed E-state index contributed by atoms with van der Waals surface area (Å²) in [5.41, 5.74) is 5.34. The molecule has 0 spiro atoms. The number of carbonyl (C=O) groups excluding carboxylic acids is 1. The monoisotopic (exact) mass is 221 g/mol. The number of carbonyl (C=O) groups is 1. The van der Waals surface area contributed by atoms with Crippen molar-refractivity contribution in [3.63, 3.8) is 0 Å². The second-order valence-electron chi connectivity index (χ2n) is 2.44. The van der Waals surface area contributed by atoms with Crippen LogP contribution in [0.2, 0.25) is 5.02 Å². The van der Waals surface area contributed by atoms with Crippen LogP contribution in [0.25, 0.3) is 0 Å². The molecule has 0 radical (unpaired) electrons. The van der Waals surface area contributed by atoms with E-state index in [9.17, 15) is 9.18 Å². The largest absolute Gasteiger partial charge is 0.368 e. The van der Waals surface area contributed by atoms with Crippen LogP contribution in [0.4, 0.5) is 4.39 Å². The molecule has 1 atom stereocenters. The van der Waals surface area contributed by atoms with Crippen molar-refractivity contribution in [1.29, 1.82) is 0 Å². The van der Waals surface area contributed by atoms with E-state index in [2.05, 4.69) is 0 Å². The first-order valence-corrected chi connectivity index (χ1v) is 4.22. The Kier molecular flexibility index (Phi) is 3.12. The first-order valence-electron chi connectivity index (χ1n) is 3.40. The number of alkyl halides is 1. The Balaban J connectivity index is 3.03. The maximum absolute atomic E-state index is 12.7. The second-order valence-corrected chi connectivity index (χ2v) is 3.28. The Morgan fingerprint density at radius 3 is 2.62 bits per heavy atom. The Bertz CT molecular complexity index is 343. The summed E-state index contributed by atoms with van der Waals surface area (Å²) in [6.07, 6.45) is 0. The van der Waals surface area contributed by atoms with E-state index < -0.39 is 17.1 Å². The lowest BCUT2D eigenvalue weighted by atomic mass is 10.1. The number of halogens is 3. The minimum Gasteiger partial charge on any atom is -0.368 e. The maximum atomic E-state index is 12.7. The van der Waals surface area contributed by atoms with Crippen LogP contribution < -0.4 is 5.73 Å². The molecule has 13 heavy (non-hydrogen) atoms. The van der Waals surface area contributed by atoms with Crippen molar-refractivity contribution in [3.8, 4) is 0 Å². The standard InChI is InChI=1S/C8H6Cl2FNO/c9-5-3-4(1-2-6(5)11)7(10)8(12)13/h1-3,7H,(H2,12,13). The van der Waals surface area contributed by atoms with Crippen LogP contribution in [0, 0.1) is 5.82 Å². The molecular formula is C8H6Cl2FNO. The number of benzene rings is 1. The lowest BCUT2D eigenvalue weighted by Crippen LogP contribution is -2.16. The average Bonchev–Trinajstić information content (AvgIpc) is 2.08. The predicted molar refractivity (Wildman–Crippen MR) is 49.2 cm³/mol. The summed E-state index contributed by atoms with van der Waals surface area (Å²) in [5, 5.41) is -1.05. The molecule has 1 aromatic rings. The van der Waals surface area contributed by atoms with Crippen molar-refractivity contribution in [2.45, 2.75) is 5.38 Å². The summed E-state index contributed by atoms with van der Waals surface area (Å²) in [5.74, 6) is -1.25. The predicted octanol–water partition coefficient (Wildman–Crippen LogP) is 2.24. The molecule has 0 bridgehead atoms. The molecule has 0 aliphatic carbocycles. The van der Waals surface area contributed by atoms with Crippen LogP contribution in [0.3, 0.4) is 0 Å². The molecule has 0 aromatic heterocycles. The Morgan fingerprint density at radius 2 is 2.15 bits per heavy atom. The molecular weight excluding hydrogens is 216 g/mol. The molecule has 1 aromatic carbocycles. The Hall–Kier alpha value is -0.800. The van der Waals surface area contributed by atoms with E-state index >= 15 is 0 Å². The molecule has 2 N–H and O–H groups in total. The van der Waals surface area contributed by atoms with Gasteiger partial charge in [-0.3, -0.25) is 4.79 Å². The fourth-order valence-corrected chi connectivity index (χ4v) is 1.16. The van der Waals surface area contributed by atoms with E-state index in [1.165, 1.54) is 12.1 Å². The van der Waals surface area contributed by atoms with Gasteiger partial charge in [-0.25, -0.2) is 4.39 Å². The number of rotatable bonds is 2. The third-order valence-electron chi connectivity index (χ3n) is 1.49. The van der Waals surface area contributed by atoms with Crippen molar-refractivity contribution >= 4 is 29.1 Å². The van der Waals surface area contributed by atoms with Crippen molar-refractivity contribution in [3.05, 3.63) is 34.6 Å². The van der Waals surface area contributed by atoms with Gasteiger partial charge < -0.3 is 5.73 Å². The lowest BCUT2D eigenvalue weighted by molar-refractivity contribution is -0.117. The molecule has 1 rings (SSSR count). The number of hydrogen-bond donors (Lipinski definition) is 1. The molecule has 70 valence electrons. The van der Waals surface area contributed by atoms with Crippen LogP contribution >= 0.6 is 23.2 Å². The van der Waals surface area contributed by atoms with Gasteiger partial charge in [0, 0.05) is 0 Å². The van der Waals surface area contributed by atoms with E-state index in [1.807, 2.05) is 0 Å². The quantitative estimate of drug-likeness (QED) is 0.766. The summed E-state index contributed by atoms with van der Waals surface area (Å²) in [7, 11) is 0. The number of hydrogen-bond acceptors (Lipinski definition) is 1. The van der Waals surface area contributed by atoms with Gasteiger partial charge in [-0.05, 0) is 17.7 Å². The van der Waals surface area contributed by atoms with E-state index in [-0.39, 0.29) is 5.02 Å². The highest BCUT2D eigenvalue weighted by molar-refractivity contribution is 6.32. The third-order valence-corrected chi connectivity index (χ3v) is 2.24. The smallest absolute Gasteiger partial charge is 0.240 e. The Labute approximate surface area is 84.4 Å². The molecule has 5 heteroatoms. The van der Waals surface area contributed by atoms with Crippen LogP contribution in [0.1, 0.15) is 10.9 Å². The van der Waals surface area contributed by atoms with Crippen molar-refractivity contribution < 1.29 is 9.18 Å². The van der Waals surface area contributed by atoms with E-state index in [1.54, 1.807) is 0 Å². The van der Waals surface area contributed by atoms with Crippen LogP contribution in [-0.4, -0.2) is 5.91 Å². The zero-order chi connectivity index (χ0) is 10.0. The van der Waals surface area contributed by atoms with Crippen molar-refractivity contribution in [1.82, 2.24) is 0 Å². The minimum absolute atomic E-state index is 0.0793. The molecule has 0 heterocycles. The normalized spacial score (nSPS) is 12.5.